The molecule has 2 aromatic rings. The number of rotatable bonds is 2. The first kappa shape index (κ1) is 10.8. The molecule has 0 saturated carbocycles. The third-order valence-electron chi connectivity index (χ3n) is 2.12. The summed E-state index contributed by atoms with van der Waals surface area (Å²) in [6, 6.07) is 0.959. The first-order chi connectivity index (χ1) is 7.54. The molecule has 0 spiro atoms. The standard InChI is InChI=1S/C10H8FNO3S/c1-4-12-7-8(15-2)6(11)3-5(10(13)14)9(7)16-4/h3H,1-2H3,(H,13,14). The molecule has 0 saturated heterocycles. The minimum Gasteiger partial charge on any atom is -0.491 e. The van der Waals surface area contributed by atoms with E-state index in [1.54, 1.807) is 6.92 Å². The molecule has 16 heavy (non-hydrogen) atoms. The molecule has 0 atom stereocenters. The molecule has 1 N–H and O–H groups in total. The molecule has 1 aromatic heterocycles. The van der Waals surface area contributed by atoms with Gasteiger partial charge in [0.05, 0.1) is 22.4 Å². The predicted octanol–water partition coefficient (Wildman–Crippen LogP) is 2.45. The number of carbonyl (C=O) groups is 1. The summed E-state index contributed by atoms with van der Waals surface area (Å²) < 4.78 is 18.8. The van der Waals surface area contributed by atoms with Crippen molar-refractivity contribution >= 4 is 27.5 Å². The van der Waals surface area contributed by atoms with Crippen LogP contribution in [0.15, 0.2) is 6.07 Å². The van der Waals surface area contributed by atoms with E-state index < -0.39 is 11.8 Å². The van der Waals surface area contributed by atoms with E-state index in [9.17, 15) is 9.18 Å². The summed E-state index contributed by atoms with van der Waals surface area (Å²) >= 11 is 1.21. The number of ether oxygens (including phenoxy) is 1. The third-order valence-corrected chi connectivity index (χ3v) is 3.12. The highest BCUT2D eigenvalue weighted by Gasteiger charge is 2.20. The van der Waals surface area contributed by atoms with Crippen LogP contribution < -0.4 is 4.74 Å². The van der Waals surface area contributed by atoms with Gasteiger partial charge in [0, 0.05) is 0 Å². The van der Waals surface area contributed by atoms with Crippen LogP contribution in [0.1, 0.15) is 15.4 Å². The number of fused-ring (bicyclic) bond motifs is 1. The lowest BCUT2D eigenvalue weighted by atomic mass is 10.2. The normalized spacial score (nSPS) is 10.7. The predicted molar refractivity (Wildman–Crippen MR) is 57.8 cm³/mol. The highest BCUT2D eigenvalue weighted by Crippen LogP contribution is 2.34. The third kappa shape index (κ3) is 1.51. The topological polar surface area (TPSA) is 59.4 Å². The molecule has 0 aliphatic rings. The maximum Gasteiger partial charge on any atom is 0.337 e. The number of benzene rings is 1. The van der Waals surface area contributed by atoms with Gasteiger partial charge in [0.1, 0.15) is 5.52 Å². The van der Waals surface area contributed by atoms with E-state index in [4.69, 9.17) is 9.84 Å². The minimum atomic E-state index is -1.17. The number of aromatic carboxylic acids is 1. The lowest BCUT2D eigenvalue weighted by molar-refractivity contribution is 0.0698. The second-order valence-corrected chi connectivity index (χ2v) is 4.36. The SMILES string of the molecule is COc1c(F)cc(C(=O)O)c2sc(C)nc12. The molecule has 1 heterocycles. The molecule has 6 heteroatoms. The summed E-state index contributed by atoms with van der Waals surface area (Å²) in [5.74, 6) is -1.89. The summed E-state index contributed by atoms with van der Waals surface area (Å²) in [7, 11) is 1.33. The van der Waals surface area contributed by atoms with Crippen molar-refractivity contribution in [3.05, 3.63) is 22.5 Å². The zero-order chi connectivity index (χ0) is 11.9. The number of hydrogen-bond acceptors (Lipinski definition) is 4. The van der Waals surface area contributed by atoms with Crippen LogP contribution in [-0.2, 0) is 0 Å². The highest BCUT2D eigenvalue weighted by molar-refractivity contribution is 7.19. The van der Waals surface area contributed by atoms with Gasteiger partial charge in [-0.3, -0.25) is 0 Å². The Morgan fingerprint density at radius 3 is 2.88 bits per heavy atom. The van der Waals surface area contributed by atoms with Crippen LogP contribution in [0.3, 0.4) is 0 Å². The second-order valence-electron chi connectivity index (χ2n) is 3.15. The van der Waals surface area contributed by atoms with Crippen molar-refractivity contribution in [2.75, 3.05) is 7.11 Å². The Kier molecular flexibility index (Phi) is 2.51. The average Bonchev–Trinajstić information content (AvgIpc) is 2.57. The summed E-state index contributed by atoms with van der Waals surface area (Å²) in [4.78, 5) is 15.0. The molecular weight excluding hydrogens is 233 g/mol. The fraction of sp³-hybridized carbons (Fsp3) is 0.200. The number of methoxy groups -OCH3 is 1. The Labute approximate surface area is 94.3 Å². The number of carboxylic acid groups (broad SMARTS) is 1. The van der Waals surface area contributed by atoms with Gasteiger partial charge in [-0.05, 0) is 13.0 Å². The van der Waals surface area contributed by atoms with E-state index in [2.05, 4.69) is 4.98 Å². The molecule has 0 amide bonds. The number of carboxylic acids is 1. The van der Waals surface area contributed by atoms with E-state index >= 15 is 0 Å². The zero-order valence-corrected chi connectivity index (χ0v) is 9.39. The quantitative estimate of drug-likeness (QED) is 0.877. The van der Waals surface area contributed by atoms with Gasteiger partial charge < -0.3 is 9.84 Å². The number of hydrogen-bond donors (Lipinski definition) is 1. The van der Waals surface area contributed by atoms with E-state index in [0.29, 0.717) is 9.71 Å². The summed E-state index contributed by atoms with van der Waals surface area (Å²) in [6.07, 6.45) is 0. The number of thiazole rings is 1. The van der Waals surface area contributed by atoms with E-state index in [1.165, 1.54) is 18.4 Å². The largest absolute Gasteiger partial charge is 0.491 e. The van der Waals surface area contributed by atoms with Gasteiger partial charge in [-0.15, -0.1) is 11.3 Å². The molecule has 84 valence electrons. The van der Waals surface area contributed by atoms with Gasteiger partial charge in [0.25, 0.3) is 0 Å². The number of halogens is 1. The van der Waals surface area contributed by atoms with Crippen LogP contribution in [0.5, 0.6) is 5.75 Å². The van der Waals surface area contributed by atoms with E-state index in [0.717, 1.165) is 6.07 Å². The average molecular weight is 241 g/mol. The summed E-state index contributed by atoms with van der Waals surface area (Å²) in [5, 5.41) is 9.62. The lowest BCUT2D eigenvalue weighted by Crippen LogP contribution is -1.99. The molecule has 2 rings (SSSR count). The number of nitrogens with zero attached hydrogens (tertiary/aromatic N) is 1. The monoisotopic (exact) mass is 241 g/mol. The fourth-order valence-corrected chi connectivity index (χ4v) is 2.41. The molecule has 4 nitrogen and oxygen atoms in total. The van der Waals surface area contributed by atoms with E-state index in [-0.39, 0.29) is 16.8 Å². The maximum atomic E-state index is 13.5. The smallest absolute Gasteiger partial charge is 0.337 e. The number of aromatic nitrogens is 1. The highest BCUT2D eigenvalue weighted by atomic mass is 32.1. The molecule has 1 aromatic carbocycles. The lowest BCUT2D eigenvalue weighted by Gasteiger charge is -2.04. The Hall–Kier alpha value is -1.69. The Morgan fingerprint density at radius 1 is 1.62 bits per heavy atom. The van der Waals surface area contributed by atoms with Crippen LogP contribution in [0.4, 0.5) is 4.39 Å². The minimum absolute atomic E-state index is 0.00986. The fourth-order valence-electron chi connectivity index (χ4n) is 1.49. The first-order valence-electron chi connectivity index (χ1n) is 4.41. The second kappa shape index (κ2) is 3.71. The molecule has 0 radical (unpaired) electrons. The maximum absolute atomic E-state index is 13.5. The van der Waals surface area contributed by atoms with Crippen molar-refractivity contribution in [1.29, 1.82) is 0 Å². The van der Waals surface area contributed by atoms with Gasteiger partial charge >= 0.3 is 5.97 Å². The van der Waals surface area contributed by atoms with Crippen molar-refractivity contribution in [2.24, 2.45) is 0 Å². The Bertz CT molecular complexity index is 579. The van der Waals surface area contributed by atoms with Crippen LogP contribution in [0, 0.1) is 12.7 Å². The van der Waals surface area contributed by atoms with Crippen molar-refractivity contribution < 1.29 is 19.0 Å². The molecular formula is C10H8FNO3S. The van der Waals surface area contributed by atoms with E-state index in [1.807, 2.05) is 0 Å². The van der Waals surface area contributed by atoms with Crippen LogP contribution in [-0.4, -0.2) is 23.2 Å². The molecule has 0 unspecified atom stereocenters. The summed E-state index contributed by atoms with van der Waals surface area (Å²) in [6.45, 7) is 1.73. The van der Waals surface area contributed by atoms with Crippen LogP contribution in [0.25, 0.3) is 10.2 Å². The van der Waals surface area contributed by atoms with Gasteiger partial charge in [-0.2, -0.15) is 0 Å². The molecule has 0 aliphatic carbocycles. The van der Waals surface area contributed by atoms with Gasteiger partial charge in [0.2, 0.25) is 0 Å². The molecule has 0 aliphatic heterocycles. The molecule has 0 fully saturated rings. The zero-order valence-electron chi connectivity index (χ0n) is 8.57. The van der Waals surface area contributed by atoms with Crippen molar-refractivity contribution in [3.63, 3.8) is 0 Å². The van der Waals surface area contributed by atoms with Crippen molar-refractivity contribution in [3.8, 4) is 5.75 Å². The molecule has 0 bridgehead atoms. The van der Waals surface area contributed by atoms with Crippen molar-refractivity contribution in [2.45, 2.75) is 6.92 Å². The Morgan fingerprint density at radius 2 is 2.31 bits per heavy atom. The first-order valence-corrected chi connectivity index (χ1v) is 5.23. The van der Waals surface area contributed by atoms with Crippen LogP contribution in [0.2, 0.25) is 0 Å². The van der Waals surface area contributed by atoms with Gasteiger partial charge in [-0.1, -0.05) is 0 Å². The van der Waals surface area contributed by atoms with Gasteiger partial charge in [0.15, 0.2) is 11.6 Å². The summed E-state index contributed by atoms with van der Waals surface area (Å²) in [5.41, 5.74) is 0.182. The number of aryl methyl sites for hydroxylation is 1. The Balaban J connectivity index is 2.90. The van der Waals surface area contributed by atoms with Crippen LogP contribution >= 0.6 is 11.3 Å². The van der Waals surface area contributed by atoms with Gasteiger partial charge in [-0.25, -0.2) is 14.2 Å². The van der Waals surface area contributed by atoms with Crippen molar-refractivity contribution in [1.82, 2.24) is 4.98 Å².